The number of nitrogens with zero attached hydrogens (tertiary/aromatic N) is 4. The van der Waals surface area contributed by atoms with Crippen molar-refractivity contribution in [3.8, 4) is 0 Å². The molecular formula is C14H19N5O2S. The zero-order valence-electron chi connectivity index (χ0n) is 13.3. The third-order valence-electron chi connectivity index (χ3n) is 3.05. The number of carbonyl (C=O) groups excluding carboxylic acids is 2. The lowest BCUT2D eigenvalue weighted by Crippen LogP contribution is -2.21. The van der Waals surface area contributed by atoms with Gasteiger partial charge in [0.25, 0.3) is 11.8 Å². The largest absolute Gasteiger partial charge is 0.344 e. The van der Waals surface area contributed by atoms with Gasteiger partial charge in [-0.1, -0.05) is 11.3 Å². The fourth-order valence-corrected chi connectivity index (χ4v) is 2.96. The number of rotatable bonds is 4. The molecule has 8 heteroatoms. The van der Waals surface area contributed by atoms with Gasteiger partial charge in [-0.3, -0.25) is 19.6 Å². The van der Waals surface area contributed by atoms with E-state index in [4.69, 9.17) is 0 Å². The number of thiazole rings is 1. The molecule has 0 spiro atoms. The molecule has 2 rings (SSSR count). The number of amides is 2. The van der Waals surface area contributed by atoms with E-state index in [9.17, 15) is 9.59 Å². The van der Waals surface area contributed by atoms with Crippen LogP contribution >= 0.6 is 11.3 Å². The maximum atomic E-state index is 12.3. The number of aryl methyl sites for hydroxylation is 3. The van der Waals surface area contributed by atoms with Crippen LogP contribution in [0.1, 0.15) is 38.5 Å². The molecule has 7 nitrogen and oxygen atoms in total. The summed E-state index contributed by atoms with van der Waals surface area (Å²) in [7, 11) is 3.37. The summed E-state index contributed by atoms with van der Waals surface area (Å²) in [6.07, 6.45) is 0. The summed E-state index contributed by atoms with van der Waals surface area (Å²) in [6, 6.07) is 1.73. The van der Waals surface area contributed by atoms with Crippen molar-refractivity contribution in [1.82, 2.24) is 19.7 Å². The molecule has 22 heavy (non-hydrogen) atoms. The summed E-state index contributed by atoms with van der Waals surface area (Å²) in [5, 5.41) is 7.39. The van der Waals surface area contributed by atoms with Crippen LogP contribution in [-0.4, -0.2) is 45.6 Å². The van der Waals surface area contributed by atoms with Crippen molar-refractivity contribution in [3.05, 3.63) is 28.0 Å². The van der Waals surface area contributed by atoms with Gasteiger partial charge in [-0.2, -0.15) is 5.10 Å². The SMILES string of the molecule is CCn1nc(C)cc1C(=O)Nc1nc(C)c(C(=O)N(C)C)s1. The topological polar surface area (TPSA) is 80.1 Å². The van der Waals surface area contributed by atoms with Crippen LogP contribution in [0.4, 0.5) is 5.13 Å². The molecule has 0 bridgehead atoms. The maximum absolute atomic E-state index is 12.3. The van der Waals surface area contributed by atoms with E-state index >= 15 is 0 Å². The molecule has 1 N–H and O–H groups in total. The van der Waals surface area contributed by atoms with Gasteiger partial charge >= 0.3 is 0 Å². The molecule has 0 fully saturated rings. The van der Waals surface area contributed by atoms with Crippen LogP contribution in [0, 0.1) is 13.8 Å². The van der Waals surface area contributed by atoms with Crippen LogP contribution in [0.2, 0.25) is 0 Å². The molecule has 0 unspecified atom stereocenters. The van der Waals surface area contributed by atoms with Crippen molar-refractivity contribution < 1.29 is 9.59 Å². The van der Waals surface area contributed by atoms with Crippen molar-refractivity contribution in [1.29, 1.82) is 0 Å². The lowest BCUT2D eigenvalue weighted by molar-refractivity contribution is 0.0831. The Morgan fingerprint density at radius 2 is 2.05 bits per heavy atom. The van der Waals surface area contributed by atoms with Crippen LogP contribution in [0.25, 0.3) is 0 Å². The molecule has 0 aliphatic rings. The van der Waals surface area contributed by atoms with E-state index in [1.165, 1.54) is 16.2 Å². The van der Waals surface area contributed by atoms with Gasteiger partial charge in [-0.05, 0) is 26.8 Å². The van der Waals surface area contributed by atoms with E-state index in [1.807, 2.05) is 13.8 Å². The van der Waals surface area contributed by atoms with Gasteiger partial charge in [0, 0.05) is 20.6 Å². The Hall–Kier alpha value is -2.22. The lowest BCUT2D eigenvalue weighted by atomic mass is 10.3. The summed E-state index contributed by atoms with van der Waals surface area (Å²) in [5.41, 5.74) is 1.87. The second-order valence-corrected chi connectivity index (χ2v) is 6.07. The molecule has 2 heterocycles. The Kier molecular flexibility index (Phi) is 4.60. The molecule has 0 saturated heterocycles. The van der Waals surface area contributed by atoms with Gasteiger partial charge in [-0.25, -0.2) is 4.98 Å². The molecule has 2 aromatic rings. The van der Waals surface area contributed by atoms with E-state index < -0.39 is 0 Å². The predicted molar refractivity (Wildman–Crippen MR) is 85.5 cm³/mol. The summed E-state index contributed by atoms with van der Waals surface area (Å²) in [6.45, 7) is 6.12. The van der Waals surface area contributed by atoms with Gasteiger partial charge in [0.1, 0.15) is 10.6 Å². The number of nitrogens with one attached hydrogen (secondary N) is 1. The van der Waals surface area contributed by atoms with Crippen LogP contribution in [0.15, 0.2) is 6.07 Å². The van der Waals surface area contributed by atoms with Crippen molar-refractivity contribution in [2.75, 3.05) is 19.4 Å². The highest BCUT2D eigenvalue weighted by molar-refractivity contribution is 7.17. The Balaban J connectivity index is 2.22. The molecule has 0 atom stereocenters. The molecular weight excluding hydrogens is 302 g/mol. The molecule has 2 amide bonds. The number of hydrogen-bond donors (Lipinski definition) is 1. The first-order valence-electron chi connectivity index (χ1n) is 6.88. The first-order chi connectivity index (χ1) is 10.3. The minimum atomic E-state index is -0.278. The van der Waals surface area contributed by atoms with E-state index in [0.29, 0.717) is 27.9 Å². The highest BCUT2D eigenvalue weighted by Crippen LogP contribution is 2.24. The number of carbonyl (C=O) groups is 2. The van der Waals surface area contributed by atoms with Crippen LogP contribution in [-0.2, 0) is 6.54 Å². The third kappa shape index (κ3) is 3.16. The highest BCUT2D eigenvalue weighted by atomic mass is 32.1. The second kappa shape index (κ2) is 6.27. The quantitative estimate of drug-likeness (QED) is 0.933. The van der Waals surface area contributed by atoms with E-state index in [0.717, 1.165) is 5.69 Å². The average Bonchev–Trinajstić information content (AvgIpc) is 3.00. The van der Waals surface area contributed by atoms with Crippen LogP contribution < -0.4 is 5.32 Å². The summed E-state index contributed by atoms with van der Waals surface area (Å²) in [4.78, 5) is 30.6. The Morgan fingerprint density at radius 1 is 1.36 bits per heavy atom. The van der Waals surface area contributed by atoms with Gasteiger partial charge in [-0.15, -0.1) is 0 Å². The predicted octanol–water partition coefficient (Wildman–Crippen LogP) is 1.93. The Morgan fingerprint density at radius 3 is 2.64 bits per heavy atom. The molecule has 0 aliphatic heterocycles. The number of hydrogen-bond acceptors (Lipinski definition) is 5. The van der Waals surface area contributed by atoms with Gasteiger partial charge in [0.15, 0.2) is 5.13 Å². The lowest BCUT2D eigenvalue weighted by Gasteiger charge is -2.07. The monoisotopic (exact) mass is 321 g/mol. The van der Waals surface area contributed by atoms with Crippen molar-refractivity contribution in [2.24, 2.45) is 0 Å². The minimum absolute atomic E-state index is 0.120. The maximum Gasteiger partial charge on any atom is 0.275 e. The molecule has 0 aliphatic carbocycles. The summed E-state index contributed by atoms with van der Waals surface area (Å²) < 4.78 is 1.64. The second-order valence-electron chi connectivity index (χ2n) is 5.07. The van der Waals surface area contributed by atoms with Crippen molar-refractivity contribution in [3.63, 3.8) is 0 Å². The summed E-state index contributed by atoms with van der Waals surface area (Å²) >= 11 is 1.18. The van der Waals surface area contributed by atoms with E-state index in [1.54, 1.807) is 31.8 Å². The molecule has 0 saturated carbocycles. The molecule has 0 radical (unpaired) electrons. The van der Waals surface area contributed by atoms with E-state index in [-0.39, 0.29) is 11.8 Å². The van der Waals surface area contributed by atoms with Gasteiger partial charge in [0.2, 0.25) is 0 Å². The average molecular weight is 321 g/mol. The highest BCUT2D eigenvalue weighted by Gasteiger charge is 2.19. The fourth-order valence-electron chi connectivity index (χ4n) is 1.98. The first-order valence-corrected chi connectivity index (χ1v) is 7.70. The normalized spacial score (nSPS) is 10.6. The third-order valence-corrected chi connectivity index (χ3v) is 4.11. The smallest absolute Gasteiger partial charge is 0.275 e. The van der Waals surface area contributed by atoms with Crippen molar-refractivity contribution >= 4 is 28.3 Å². The van der Waals surface area contributed by atoms with Crippen LogP contribution in [0.3, 0.4) is 0 Å². The van der Waals surface area contributed by atoms with E-state index in [2.05, 4.69) is 15.4 Å². The fraction of sp³-hybridized carbons (Fsp3) is 0.429. The summed E-state index contributed by atoms with van der Waals surface area (Å²) in [5.74, 6) is -0.398. The molecule has 118 valence electrons. The standard InChI is InChI=1S/C14H19N5O2S/c1-6-19-10(7-8(2)17-19)12(20)16-14-15-9(3)11(22-14)13(21)18(4)5/h7H,6H2,1-5H3,(H,15,16,20). The van der Waals surface area contributed by atoms with Gasteiger partial charge < -0.3 is 4.90 Å². The zero-order valence-corrected chi connectivity index (χ0v) is 14.1. The Labute approximate surface area is 133 Å². The minimum Gasteiger partial charge on any atom is -0.344 e. The molecule has 2 aromatic heterocycles. The number of aromatic nitrogens is 3. The zero-order chi connectivity index (χ0) is 16.4. The first kappa shape index (κ1) is 16.2. The van der Waals surface area contributed by atoms with Crippen molar-refractivity contribution in [2.45, 2.75) is 27.3 Å². The van der Waals surface area contributed by atoms with Crippen LogP contribution in [0.5, 0.6) is 0 Å². The van der Waals surface area contributed by atoms with Gasteiger partial charge in [0.05, 0.1) is 11.4 Å². The number of anilines is 1. The molecule has 0 aromatic carbocycles. The Bertz CT molecular complexity index is 717.